The van der Waals surface area contributed by atoms with Crippen molar-refractivity contribution in [2.24, 2.45) is 34.5 Å². The van der Waals surface area contributed by atoms with Crippen molar-refractivity contribution < 1.29 is 19.1 Å². The number of rotatable bonds is 0. The standard InChI is InChI=1S/C18H24O4/c1-17-8-6-14(19)15(20)12(17)4-3-10-11(17)5-7-18(2)13(10)9-22-16(18)21/h10-13H,3-9H2,1-2H3/t10-,11-,12?,13+,17-,18+/m1/s1. The predicted octanol–water partition coefficient (Wildman–Crippen LogP) is 2.54. The molecule has 4 aliphatic rings. The Hall–Kier alpha value is -1.19. The zero-order chi connectivity index (χ0) is 15.7. The summed E-state index contributed by atoms with van der Waals surface area (Å²) in [7, 11) is 0. The van der Waals surface area contributed by atoms with E-state index in [4.69, 9.17) is 4.74 Å². The molecule has 0 amide bonds. The van der Waals surface area contributed by atoms with E-state index in [2.05, 4.69) is 13.8 Å². The average molecular weight is 304 g/mol. The van der Waals surface area contributed by atoms with Gasteiger partial charge in [-0.1, -0.05) is 6.92 Å². The van der Waals surface area contributed by atoms with Crippen LogP contribution in [0.15, 0.2) is 0 Å². The van der Waals surface area contributed by atoms with Crippen LogP contribution in [0, 0.1) is 34.5 Å². The number of carbonyl (C=O) groups is 3. The Morgan fingerprint density at radius 3 is 2.55 bits per heavy atom. The summed E-state index contributed by atoms with van der Waals surface area (Å²) in [6.07, 6.45) is 4.86. The molecule has 0 spiro atoms. The molecule has 120 valence electrons. The fourth-order valence-corrected chi connectivity index (χ4v) is 6.16. The van der Waals surface area contributed by atoms with Crippen LogP contribution in [0.3, 0.4) is 0 Å². The van der Waals surface area contributed by atoms with Gasteiger partial charge in [-0.05, 0) is 56.3 Å². The van der Waals surface area contributed by atoms with E-state index in [0.717, 1.165) is 32.1 Å². The number of ketones is 2. The zero-order valence-electron chi connectivity index (χ0n) is 13.4. The fourth-order valence-electron chi connectivity index (χ4n) is 6.16. The van der Waals surface area contributed by atoms with Gasteiger partial charge in [0.15, 0.2) is 5.78 Å². The van der Waals surface area contributed by atoms with Crippen LogP contribution in [-0.2, 0) is 19.1 Å². The molecule has 3 aliphatic carbocycles. The Labute approximate surface area is 131 Å². The van der Waals surface area contributed by atoms with Gasteiger partial charge in [0.25, 0.3) is 0 Å². The van der Waals surface area contributed by atoms with Crippen LogP contribution in [0.5, 0.6) is 0 Å². The van der Waals surface area contributed by atoms with E-state index in [0.29, 0.717) is 30.8 Å². The second-order valence-corrected chi connectivity index (χ2v) is 8.35. The highest BCUT2D eigenvalue weighted by molar-refractivity contribution is 6.38. The Morgan fingerprint density at radius 1 is 1.00 bits per heavy atom. The molecule has 3 saturated carbocycles. The van der Waals surface area contributed by atoms with Crippen LogP contribution in [0.2, 0.25) is 0 Å². The number of esters is 1. The summed E-state index contributed by atoms with van der Waals surface area (Å²) in [5, 5.41) is 0. The van der Waals surface area contributed by atoms with Gasteiger partial charge in [0, 0.05) is 18.3 Å². The number of fused-ring (bicyclic) bond motifs is 5. The molecule has 0 N–H and O–H groups in total. The third-order valence-corrected chi connectivity index (χ3v) is 7.60. The van der Waals surface area contributed by atoms with E-state index >= 15 is 0 Å². The molecule has 4 heteroatoms. The second kappa shape index (κ2) is 4.42. The molecule has 4 rings (SSSR count). The highest BCUT2D eigenvalue weighted by Crippen LogP contribution is 2.63. The summed E-state index contributed by atoms with van der Waals surface area (Å²) in [6, 6.07) is 0. The second-order valence-electron chi connectivity index (χ2n) is 8.35. The van der Waals surface area contributed by atoms with Gasteiger partial charge in [0.2, 0.25) is 5.78 Å². The maximum Gasteiger partial charge on any atom is 0.312 e. The molecular weight excluding hydrogens is 280 g/mol. The molecule has 0 radical (unpaired) electrons. The van der Waals surface area contributed by atoms with Gasteiger partial charge in [-0.3, -0.25) is 14.4 Å². The summed E-state index contributed by atoms with van der Waals surface area (Å²) in [6.45, 7) is 4.83. The van der Waals surface area contributed by atoms with E-state index in [1.807, 2.05) is 0 Å². The van der Waals surface area contributed by atoms with Crippen LogP contribution < -0.4 is 0 Å². The molecule has 0 aromatic heterocycles. The maximum absolute atomic E-state index is 12.4. The van der Waals surface area contributed by atoms with Crippen molar-refractivity contribution in [2.45, 2.75) is 52.4 Å². The molecule has 1 aliphatic heterocycles. The molecule has 4 fully saturated rings. The fraction of sp³-hybridized carbons (Fsp3) is 0.833. The Balaban J connectivity index is 1.68. The predicted molar refractivity (Wildman–Crippen MR) is 78.8 cm³/mol. The van der Waals surface area contributed by atoms with E-state index in [1.54, 1.807) is 0 Å². The van der Waals surface area contributed by atoms with Gasteiger partial charge in [-0.2, -0.15) is 0 Å². The number of ether oxygens (including phenoxy) is 1. The van der Waals surface area contributed by atoms with E-state index in [1.165, 1.54) is 0 Å². The summed E-state index contributed by atoms with van der Waals surface area (Å²) >= 11 is 0. The minimum atomic E-state index is -0.321. The molecule has 22 heavy (non-hydrogen) atoms. The Kier molecular flexibility index (Phi) is 2.90. The van der Waals surface area contributed by atoms with E-state index < -0.39 is 0 Å². The lowest BCUT2D eigenvalue weighted by molar-refractivity contribution is -0.159. The van der Waals surface area contributed by atoms with Crippen molar-refractivity contribution in [3.8, 4) is 0 Å². The lowest BCUT2D eigenvalue weighted by atomic mass is 9.45. The summed E-state index contributed by atoms with van der Waals surface area (Å²) in [5.41, 5.74) is -0.375. The SMILES string of the molecule is C[C@]12CCC(=O)C(=O)C1CC[C@@H]1[C@H]2CC[C@]2(C)C(=O)OC[C@@H]12. The number of cyclic esters (lactones) is 1. The molecule has 1 saturated heterocycles. The first kappa shape index (κ1) is 14.4. The van der Waals surface area contributed by atoms with Crippen LogP contribution in [-0.4, -0.2) is 24.1 Å². The van der Waals surface area contributed by atoms with Gasteiger partial charge in [0.1, 0.15) is 0 Å². The first-order valence-corrected chi connectivity index (χ1v) is 8.62. The van der Waals surface area contributed by atoms with Gasteiger partial charge in [0.05, 0.1) is 12.0 Å². The quantitative estimate of drug-likeness (QED) is 0.510. The maximum atomic E-state index is 12.4. The lowest BCUT2D eigenvalue weighted by Crippen LogP contribution is -2.56. The van der Waals surface area contributed by atoms with Crippen LogP contribution in [0.4, 0.5) is 0 Å². The molecule has 0 bridgehead atoms. The summed E-state index contributed by atoms with van der Waals surface area (Å²) < 4.78 is 5.40. The third kappa shape index (κ3) is 1.61. The molecule has 1 unspecified atom stereocenters. The molecule has 1 heterocycles. The van der Waals surface area contributed by atoms with Crippen LogP contribution in [0.1, 0.15) is 52.4 Å². The van der Waals surface area contributed by atoms with Crippen molar-refractivity contribution >= 4 is 17.5 Å². The summed E-state index contributed by atoms with van der Waals surface area (Å²) in [4.78, 5) is 36.3. The average Bonchev–Trinajstić information content (AvgIpc) is 2.79. The molecule has 4 nitrogen and oxygen atoms in total. The highest BCUT2D eigenvalue weighted by atomic mass is 16.5. The van der Waals surface area contributed by atoms with Crippen molar-refractivity contribution in [3.05, 3.63) is 0 Å². The van der Waals surface area contributed by atoms with Crippen LogP contribution >= 0.6 is 0 Å². The first-order chi connectivity index (χ1) is 10.4. The number of hydrogen-bond donors (Lipinski definition) is 0. The monoisotopic (exact) mass is 304 g/mol. The van der Waals surface area contributed by atoms with Gasteiger partial charge < -0.3 is 4.74 Å². The van der Waals surface area contributed by atoms with E-state index in [-0.39, 0.29) is 34.3 Å². The topological polar surface area (TPSA) is 60.4 Å². The van der Waals surface area contributed by atoms with Crippen LogP contribution in [0.25, 0.3) is 0 Å². The smallest absolute Gasteiger partial charge is 0.312 e. The normalized spacial score (nSPS) is 50.9. The zero-order valence-corrected chi connectivity index (χ0v) is 13.4. The minimum Gasteiger partial charge on any atom is -0.465 e. The third-order valence-electron chi connectivity index (χ3n) is 7.60. The van der Waals surface area contributed by atoms with Crippen molar-refractivity contribution in [3.63, 3.8) is 0 Å². The number of carbonyl (C=O) groups excluding carboxylic acids is 3. The van der Waals surface area contributed by atoms with Gasteiger partial charge >= 0.3 is 5.97 Å². The largest absolute Gasteiger partial charge is 0.465 e. The van der Waals surface area contributed by atoms with Crippen molar-refractivity contribution in [1.29, 1.82) is 0 Å². The molecule has 0 aromatic rings. The molecule has 0 aromatic carbocycles. The van der Waals surface area contributed by atoms with Crippen molar-refractivity contribution in [2.75, 3.05) is 6.61 Å². The van der Waals surface area contributed by atoms with Crippen molar-refractivity contribution in [1.82, 2.24) is 0 Å². The Bertz CT molecular complexity index is 567. The number of Topliss-reactive ketones (excluding diaryl/α,β-unsaturated/α-hetero) is 2. The minimum absolute atomic E-state index is 0.0295. The molecule has 6 atom stereocenters. The van der Waals surface area contributed by atoms with E-state index in [9.17, 15) is 14.4 Å². The lowest BCUT2D eigenvalue weighted by Gasteiger charge is -2.57. The highest BCUT2D eigenvalue weighted by Gasteiger charge is 2.62. The number of hydrogen-bond acceptors (Lipinski definition) is 4. The van der Waals surface area contributed by atoms with Gasteiger partial charge in [-0.25, -0.2) is 0 Å². The van der Waals surface area contributed by atoms with Gasteiger partial charge in [-0.15, -0.1) is 0 Å². The Morgan fingerprint density at radius 2 is 1.77 bits per heavy atom. The molecular formula is C18H24O4. The summed E-state index contributed by atoms with van der Waals surface area (Å²) in [5.74, 6) is 0.809. The first-order valence-electron chi connectivity index (χ1n) is 8.62.